The lowest BCUT2D eigenvalue weighted by atomic mass is 10.3. The van der Waals surface area contributed by atoms with Crippen LogP contribution in [-0.4, -0.2) is 18.7 Å². The smallest absolute Gasteiger partial charge is 0.338 e. The highest BCUT2D eigenvalue weighted by Gasteiger charge is 2.24. The van der Waals surface area contributed by atoms with E-state index in [4.69, 9.17) is 0 Å². The summed E-state index contributed by atoms with van der Waals surface area (Å²) in [5.41, 5.74) is 0. The lowest BCUT2D eigenvalue weighted by Gasteiger charge is -1.85. The van der Waals surface area contributed by atoms with Crippen LogP contribution in [0.4, 0.5) is 0 Å². The van der Waals surface area contributed by atoms with Crippen LogP contribution >= 0.6 is 0 Å². The molecule has 1 aliphatic rings. The second-order valence-electron chi connectivity index (χ2n) is 1.44. The number of hydrogen-bond donors (Lipinski definition) is 0. The fourth-order valence-corrected chi connectivity index (χ4v) is 0.477. The number of cyclic esters (lactones) is 1. The summed E-state index contributed by atoms with van der Waals surface area (Å²) in [4.78, 5) is 10.0. The second kappa shape index (κ2) is 1.50. The highest BCUT2D eigenvalue weighted by Crippen LogP contribution is 2.04. The van der Waals surface area contributed by atoms with Crippen LogP contribution in [-0.2, 0) is 14.6 Å². The van der Waals surface area contributed by atoms with E-state index in [2.05, 4.69) is 4.74 Å². The van der Waals surface area contributed by atoms with Gasteiger partial charge in [-0.3, -0.25) is 0 Å². The van der Waals surface area contributed by atoms with Crippen LogP contribution in [0.5, 0.6) is 0 Å². The average Bonchev–Trinajstić information content (AvgIpc) is 1.91. The number of rotatable bonds is 0. The van der Waals surface area contributed by atoms with E-state index >= 15 is 0 Å². The standard InChI is InChI=1S/C4H5O3/c5-3-1-2-7-4(3)6/h3H,1-2H2. The summed E-state index contributed by atoms with van der Waals surface area (Å²) in [6.45, 7) is 0.312. The van der Waals surface area contributed by atoms with E-state index < -0.39 is 12.1 Å². The maximum Gasteiger partial charge on any atom is 0.338 e. The number of esters is 1. The molecule has 1 saturated heterocycles. The Morgan fingerprint density at radius 2 is 2.43 bits per heavy atom. The van der Waals surface area contributed by atoms with Crippen molar-refractivity contribution in [3.63, 3.8) is 0 Å². The minimum atomic E-state index is -1.10. The summed E-state index contributed by atoms with van der Waals surface area (Å²) in [5.74, 6) is -0.597. The molecule has 39 valence electrons. The molecule has 3 nitrogen and oxygen atoms in total. The quantitative estimate of drug-likeness (QED) is 0.394. The molecule has 0 aromatic heterocycles. The highest BCUT2D eigenvalue weighted by atomic mass is 16.6. The fourth-order valence-electron chi connectivity index (χ4n) is 0.477. The lowest BCUT2D eigenvalue weighted by molar-refractivity contribution is -0.147. The Morgan fingerprint density at radius 3 is 2.57 bits per heavy atom. The molecule has 7 heavy (non-hydrogen) atoms. The molecule has 0 saturated carbocycles. The van der Waals surface area contributed by atoms with Gasteiger partial charge in [-0.1, -0.05) is 0 Å². The van der Waals surface area contributed by atoms with Gasteiger partial charge < -0.3 is 4.74 Å². The molecule has 0 amide bonds. The molecule has 0 spiro atoms. The first-order valence-electron chi connectivity index (χ1n) is 2.13. The summed E-state index contributed by atoms with van der Waals surface area (Å²) < 4.78 is 4.31. The summed E-state index contributed by atoms with van der Waals surface area (Å²) in [5, 5.41) is 10.2. The van der Waals surface area contributed by atoms with Crippen molar-refractivity contribution in [2.75, 3.05) is 6.61 Å². The minimum absolute atomic E-state index is 0.312. The molecule has 1 aliphatic heterocycles. The van der Waals surface area contributed by atoms with Crippen LogP contribution in [0.15, 0.2) is 0 Å². The largest absolute Gasteiger partial charge is 0.464 e. The third-order valence-electron chi connectivity index (χ3n) is 0.887. The molecular formula is C4H5O3. The van der Waals surface area contributed by atoms with E-state index in [9.17, 15) is 9.90 Å². The summed E-state index contributed by atoms with van der Waals surface area (Å²) in [6, 6.07) is 0. The van der Waals surface area contributed by atoms with Gasteiger partial charge in [0.25, 0.3) is 0 Å². The monoisotopic (exact) mass is 101 g/mol. The van der Waals surface area contributed by atoms with Gasteiger partial charge in [0.2, 0.25) is 0 Å². The van der Waals surface area contributed by atoms with E-state index in [1.807, 2.05) is 0 Å². The topological polar surface area (TPSA) is 46.2 Å². The second-order valence-corrected chi connectivity index (χ2v) is 1.44. The molecule has 0 aromatic carbocycles. The summed E-state index contributed by atoms with van der Waals surface area (Å²) in [6.07, 6.45) is -0.751. The van der Waals surface area contributed by atoms with Gasteiger partial charge in [-0.25, -0.2) is 9.90 Å². The van der Waals surface area contributed by atoms with Crippen LogP contribution in [0.3, 0.4) is 0 Å². The van der Waals surface area contributed by atoms with Crippen LogP contribution in [0.2, 0.25) is 0 Å². The highest BCUT2D eigenvalue weighted by molar-refractivity contribution is 5.75. The number of carbonyl (C=O) groups excluding carboxylic acids is 1. The zero-order chi connectivity index (χ0) is 5.28. The van der Waals surface area contributed by atoms with E-state index in [0.29, 0.717) is 13.0 Å². The molecule has 1 radical (unpaired) electrons. The maximum atomic E-state index is 10.2. The Balaban J connectivity index is 2.48. The van der Waals surface area contributed by atoms with Crippen molar-refractivity contribution in [3.8, 4) is 0 Å². The third-order valence-corrected chi connectivity index (χ3v) is 0.887. The molecule has 1 unspecified atom stereocenters. The number of ether oxygens (including phenoxy) is 1. The maximum absolute atomic E-state index is 10.2. The van der Waals surface area contributed by atoms with Gasteiger partial charge in [0.05, 0.1) is 6.61 Å². The van der Waals surface area contributed by atoms with Gasteiger partial charge >= 0.3 is 5.97 Å². The zero-order valence-electron chi connectivity index (χ0n) is 3.72. The summed E-state index contributed by atoms with van der Waals surface area (Å²) >= 11 is 0. The first-order chi connectivity index (χ1) is 3.30. The zero-order valence-corrected chi connectivity index (χ0v) is 3.72. The van der Waals surface area contributed by atoms with Crippen molar-refractivity contribution in [2.24, 2.45) is 0 Å². The molecule has 0 N–H and O–H groups in total. The molecule has 1 heterocycles. The van der Waals surface area contributed by atoms with E-state index in [0.717, 1.165) is 0 Å². The third kappa shape index (κ3) is 0.718. The Morgan fingerprint density at radius 1 is 1.71 bits per heavy atom. The predicted molar refractivity (Wildman–Crippen MR) is 20.1 cm³/mol. The predicted octanol–water partition coefficient (Wildman–Crippen LogP) is -0.268. The minimum Gasteiger partial charge on any atom is -0.464 e. The van der Waals surface area contributed by atoms with Crippen molar-refractivity contribution in [1.29, 1.82) is 0 Å². The van der Waals surface area contributed by atoms with Crippen molar-refractivity contribution in [2.45, 2.75) is 12.5 Å². The molecule has 0 bridgehead atoms. The van der Waals surface area contributed by atoms with Crippen LogP contribution in [0, 0.1) is 0 Å². The fraction of sp³-hybridized carbons (Fsp3) is 0.750. The molecule has 1 rings (SSSR count). The average molecular weight is 101 g/mol. The Labute approximate surface area is 40.9 Å². The molecule has 3 heteroatoms. The SMILES string of the molecule is [O]C1CCOC1=O. The first-order valence-corrected chi connectivity index (χ1v) is 2.13. The molecular weight excluding hydrogens is 96.0 g/mol. The molecule has 1 atom stereocenters. The van der Waals surface area contributed by atoms with Gasteiger partial charge in [0.1, 0.15) is 0 Å². The van der Waals surface area contributed by atoms with Crippen molar-refractivity contribution in [1.82, 2.24) is 0 Å². The van der Waals surface area contributed by atoms with Crippen molar-refractivity contribution < 1.29 is 14.6 Å². The van der Waals surface area contributed by atoms with Crippen LogP contribution < -0.4 is 0 Å². The Hall–Kier alpha value is -0.570. The van der Waals surface area contributed by atoms with E-state index in [-0.39, 0.29) is 0 Å². The summed E-state index contributed by atoms with van der Waals surface area (Å²) in [7, 11) is 0. The van der Waals surface area contributed by atoms with Crippen LogP contribution in [0.25, 0.3) is 0 Å². The molecule has 1 fully saturated rings. The first kappa shape index (κ1) is 4.59. The van der Waals surface area contributed by atoms with Crippen molar-refractivity contribution >= 4 is 5.97 Å². The van der Waals surface area contributed by atoms with Crippen LogP contribution in [0.1, 0.15) is 6.42 Å². The van der Waals surface area contributed by atoms with E-state index in [1.165, 1.54) is 0 Å². The Kier molecular flexibility index (Phi) is 0.982. The lowest BCUT2D eigenvalue weighted by Crippen LogP contribution is -2.09. The van der Waals surface area contributed by atoms with Crippen molar-refractivity contribution in [3.05, 3.63) is 0 Å². The van der Waals surface area contributed by atoms with Gasteiger partial charge in [-0.15, -0.1) is 0 Å². The molecule has 0 aromatic rings. The Bertz CT molecular complexity index is 88.9. The van der Waals surface area contributed by atoms with Gasteiger partial charge in [-0.05, 0) is 0 Å². The van der Waals surface area contributed by atoms with Gasteiger partial charge in [-0.2, -0.15) is 0 Å². The number of carbonyl (C=O) groups is 1. The van der Waals surface area contributed by atoms with E-state index in [1.54, 1.807) is 0 Å². The normalized spacial score (nSPS) is 30.4. The van der Waals surface area contributed by atoms with Gasteiger partial charge in [0.15, 0.2) is 6.10 Å². The molecule has 0 aliphatic carbocycles. The number of hydrogen-bond acceptors (Lipinski definition) is 2. The van der Waals surface area contributed by atoms with Gasteiger partial charge in [0, 0.05) is 6.42 Å².